The molecule has 3 N–H and O–H groups in total. The summed E-state index contributed by atoms with van der Waals surface area (Å²) in [6, 6.07) is 9.66. The molecule has 0 aliphatic heterocycles. The highest BCUT2D eigenvalue weighted by Crippen LogP contribution is 2.07. The molecule has 0 aliphatic rings. The third-order valence-electron chi connectivity index (χ3n) is 3.21. The molecule has 114 valence electrons. The minimum Gasteiger partial charge on any atom is -0.370 e. The number of hydrogen-bond donors (Lipinski definition) is 2. The molecule has 0 saturated carbocycles. The van der Waals surface area contributed by atoms with E-state index in [9.17, 15) is 4.79 Å². The van der Waals surface area contributed by atoms with Crippen LogP contribution in [0.15, 0.2) is 35.3 Å². The van der Waals surface area contributed by atoms with Gasteiger partial charge in [-0.1, -0.05) is 30.3 Å². The van der Waals surface area contributed by atoms with Crippen LogP contribution in [-0.2, 0) is 6.54 Å². The van der Waals surface area contributed by atoms with Crippen molar-refractivity contribution >= 4 is 11.9 Å². The van der Waals surface area contributed by atoms with Gasteiger partial charge in [0.05, 0.1) is 23.6 Å². The number of rotatable bonds is 3. The van der Waals surface area contributed by atoms with Crippen LogP contribution in [0.2, 0.25) is 0 Å². The van der Waals surface area contributed by atoms with Crippen molar-refractivity contribution in [3.05, 3.63) is 58.7 Å². The zero-order valence-electron chi connectivity index (χ0n) is 12.9. The highest BCUT2D eigenvalue weighted by atomic mass is 16.2. The molecule has 0 atom stereocenters. The largest absolute Gasteiger partial charge is 0.370 e. The van der Waals surface area contributed by atoms with Crippen molar-refractivity contribution in [2.45, 2.75) is 27.3 Å². The maximum Gasteiger partial charge on any atom is 0.278 e. The summed E-state index contributed by atoms with van der Waals surface area (Å²) < 4.78 is 0. The van der Waals surface area contributed by atoms with Crippen LogP contribution in [-0.4, -0.2) is 21.8 Å². The summed E-state index contributed by atoms with van der Waals surface area (Å²) in [6.45, 7) is 5.81. The lowest BCUT2D eigenvalue weighted by atomic mass is 10.2. The summed E-state index contributed by atoms with van der Waals surface area (Å²) in [5.41, 5.74) is 9.12. The Morgan fingerprint density at radius 3 is 2.41 bits per heavy atom. The summed E-state index contributed by atoms with van der Waals surface area (Å²) in [5, 5.41) is 2.54. The van der Waals surface area contributed by atoms with Gasteiger partial charge in [0.2, 0.25) is 0 Å². The van der Waals surface area contributed by atoms with Crippen LogP contribution in [0.4, 0.5) is 0 Å². The van der Waals surface area contributed by atoms with Crippen LogP contribution in [0.1, 0.15) is 33.1 Å². The first-order valence-electron chi connectivity index (χ1n) is 6.94. The number of aromatic nitrogens is 2. The van der Waals surface area contributed by atoms with E-state index in [1.54, 1.807) is 6.92 Å². The molecule has 1 amide bonds. The van der Waals surface area contributed by atoms with E-state index in [0.717, 1.165) is 17.0 Å². The Kier molecular flexibility index (Phi) is 4.83. The van der Waals surface area contributed by atoms with Gasteiger partial charge in [0, 0.05) is 0 Å². The molecule has 0 saturated heterocycles. The third kappa shape index (κ3) is 3.88. The predicted octanol–water partition coefficient (Wildman–Crippen LogP) is 1.65. The molecule has 0 aliphatic carbocycles. The first-order chi connectivity index (χ1) is 10.5. The number of nitrogens with one attached hydrogen (secondary N) is 1. The van der Waals surface area contributed by atoms with E-state index in [4.69, 9.17) is 5.73 Å². The van der Waals surface area contributed by atoms with Gasteiger partial charge < -0.3 is 5.73 Å². The molecule has 0 radical (unpaired) electrons. The van der Waals surface area contributed by atoms with Crippen LogP contribution in [0.25, 0.3) is 0 Å². The molecule has 0 fully saturated rings. The van der Waals surface area contributed by atoms with Gasteiger partial charge in [-0.3, -0.25) is 15.1 Å². The molecular formula is C16H19N5O. The fraction of sp³-hybridized carbons (Fsp3) is 0.250. The number of aliphatic imine (C=N–C) groups is 1. The van der Waals surface area contributed by atoms with E-state index in [2.05, 4.69) is 20.3 Å². The maximum atomic E-state index is 12.2. The van der Waals surface area contributed by atoms with Crippen molar-refractivity contribution in [1.29, 1.82) is 0 Å². The second kappa shape index (κ2) is 6.80. The van der Waals surface area contributed by atoms with E-state index in [1.165, 1.54) is 0 Å². The molecule has 22 heavy (non-hydrogen) atoms. The number of hydrogen-bond acceptors (Lipinski definition) is 4. The average Bonchev–Trinajstić information content (AvgIpc) is 2.50. The third-order valence-corrected chi connectivity index (χ3v) is 3.21. The first kappa shape index (κ1) is 15.6. The van der Waals surface area contributed by atoms with Crippen LogP contribution in [0, 0.1) is 20.8 Å². The number of carbonyl (C=O) groups is 1. The van der Waals surface area contributed by atoms with Crippen molar-refractivity contribution < 1.29 is 4.79 Å². The summed E-state index contributed by atoms with van der Waals surface area (Å²) in [6.07, 6.45) is 0. The molecule has 0 unspecified atom stereocenters. The predicted molar refractivity (Wildman–Crippen MR) is 85.5 cm³/mol. The van der Waals surface area contributed by atoms with E-state index >= 15 is 0 Å². The summed E-state index contributed by atoms with van der Waals surface area (Å²) in [7, 11) is 0. The number of benzene rings is 1. The van der Waals surface area contributed by atoms with E-state index in [1.807, 2.05) is 44.2 Å². The molecule has 6 heteroatoms. The summed E-state index contributed by atoms with van der Waals surface area (Å²) >= 11 is 0. The second-order valence-electron chi connectivity index (χ2n) is 4.97. The SMILES string of the molecule is Cc1nc(C)c(C(=O)NC(N)=NCc2ccccc2)nc1C. The Hall–Kier alpha value is -2.76. The molecule has 1 aromatic heterocycles. The zero-order valence-corrected chi connectivity index (χ0v) is 12.9. The van der Waals surface area contributed by atoms with Crippen LogP contribution in [0.5, 0.6) is 0 Å². The van der Waals surface area contributed by atoms with Crippen molar-refractivity contribution in [2.75, 3.05) is 0 Å². The van der Waals surface area contributed by atoms with Crippen LogP contribution < -0.4 is 11.1 Å². The van der Waals surface area contributed by atoms with Gasteiger partial charge in [-0.05, 0) is 26.3 Å². The Balaban J connectivity index is 2.07. The fourth-order valence-corrected chi connectivity index (χ4v) is 1.90. The van der Waals surface area contributed by atoms with Gasteiger partial charge in [-0.2, -0.15) is 0 Å². The van der Waals surface area contributed by atoms with Crippen LogP contribution >= 0.6 is 0 Å². The van der Waals surface area contributed by atoms with Gasteiger partial charge in [-0.25, -0.2) is 9.98 Å². The molecule has 2 rings (SSSR count). The molecule has 0 bridgehead atoms. The number of aryl methyl sites for hydroxylation is 3. The standard InChI is InChI=1S/C16H19N5O/c1-10-11(2)20-14(12(3)19-10)15(22)21-16(17)18-9-13-7-5-4-6-8-13/h4-8H,9H2,1-3H3,(H3,17,18,21,22). The summed E-state index contributed by atoms with van der Waals surface area (Å²) in [4.78, 5) is 24.9. The van der Waals surface area contributed by atoms with Crippen molar-refractivity contribution in [3.8, 4) is 0 Å². The smallest absolute Gasteiger partial charge is 0.278 e. The Morgan fingerprint density at radius 1 is 1.09 bits per heavy atom. The van der Waals surface area contributed by atoms with Gasteiger partial charge in [-0.15, -0.1) is 0 Å². The second-order valence-corrected chi connectivity index (χ2v) is 4.97. The Morgan fingerprint density at radius 2 is 1.73 bits per heavy atom. The van der Waals surface area contributed by atoms with Crippen molar-refractivity contribution in [2.24, 2.45) is 10.7 Å². The van der Waals surface area contributed by atoms with E-state index < -0.39 is 5.91 Å². The molecule has 0 spiro atoms. The highest BCUT2D eigenvalue weighted by Gasteiger charge is 2.14. The lowest BCUT2D eigenvalue weighted by molar-refractivity contribution is 0.0970. The number of nitrogens with two attached hydrogens (primary N) is 1. The maximum absolute atomic E-state index is 12.2. The Bertz CT molecular complexity index is 710. The highest BCUT2D eigenvalue weighted by molar-refractivity contribution is 6.04. The normalized spacial score (nSPS) is 11.3. The van der Waals surface area contributed by atoms with Crippen LogP contribution in [0.3, 0.4) is 0 Å². The van der Waals surface area contributed by atoms with E-state index in [0.29, 0.717) is 12.2 Å². The van der Waals surface area contributed by atoms with Gasteiger partial charge in [0.25, 0.3) is 5.91 Å². The lowest BCUT2D eigenvalue weighted by Gasteiger charge is -2.08. The first-order valence-corrected chi connectivity index (χ1v) is 6.94. The van der Waals surface area contributed by atoms with E-state index in [-0.39, 0.29) is 11.7 Å². The number of nitrogens with zero attached hydrogens (tertiary/aromatic N) is 3. The molecule has 6 nitrogen and oxygen atoms in total. The summed E-state index contributed by atoms with van der Waals surface area (Å²) in [5.74, 6) is -0.337. The fourth-order valence-electron chi connectivity index (χ4n) is 1.90. The monoisotopic (exact) mass is 297 g/mol. The topological polar surface area (TPSA) is 93.3 Å². The minimum atomic E-state index is -0.401. The Labute approximate surface area is 129 Å². The molecule has 1 aromatic carbocycles. The van der Waals surface area contributed by atoms with Crippen molar-refractivity contribution in [1.82, 2.24) is 15.3 Å². The van der Waals surface area contributed by atoms with Crippen molar-refractivity contribution in [3.63, 3.8) is 0 Å². The molecular weight excluding hydrogens is 278 g/mol. The quantitative estimate of drug-likeness (QED) is 0.665. The number of guanidine groups is 1. The average molecular weight is 297 g/mol. The molecule has 2 aromatic rings. The van der Waals surface area contributed by atoms with Gasteiger partial charge in [0.15, 0.2) is 5.96 Å². The minimum absolute atomic E-state index is 0.0632. The zero-order chi connectivity index (χ0) is 16.1. The van der Waals surface area contributed by atoms with Gasteiger partial charge >= 0.3 is 0 Å². The van der Waals surface area contributed by atoms with Gasteiger partial charge in [0.1, 0.15) is 5.69 Å². The number of carbonyl (C=O) groups excluding carboxylic acids is 1. The lowest BCUT2D eigenvalue weighted by Crippen LogP contribution is -2.37. The molecule has 1 heterocycles. The number of amides is 1.